The Morgan fingerprint density at radius 2 is 1.03 bits per heavy atom. The molecule has 7 heteroatoms. The molecule has 0 saturated carbocycles. The van der Waals surface area contributed by atoms with Gasteiger partial charge in [-0.05, 0) is 170 Å². The lowest BCUT2D eigenvalue weighted by atomic mass is 9.87. The van der Waals surface area contributed by atoms with Gasteiger partial charge in [0.1, 0.15) is 0 Å². The fraction of sp³-hybridized carbons (Fsp3) is 0.385. The van der Waals surface area contributed by atoms with Gasteiger partial charge in [0.15, 0.2) is 12.2 Å². The molecule has 2 atom stereocenters. The molecule has 0 N–H and O–H groups in total. The number of hydrogen-bond donors (Lipinski definition) is 0. The Morgan fingerprint density at radius 3 is 1.59 bits per heavy atom. The molecule has 59 heavy (non-hydrogen) atoms. The molecule has 8 rings (SSSR count). The van der Waals surface area contributed by atoms with E-state index in [0.29, 0.717) is 22.5 Å². The maximum atomic E-state index is 15.0. The van der Waals surface area contributed by atoms with Crippen LogP contribution in [-0.2, 0) is 49.5 Å². The van der Waals surface area contributed by atoms with Crippen LogP contribution in [0.5, 0.6) is 0 Å². The lowest BCUT2D eigenvalue weighted by Crippen LogP contribution is -2.34. The fourth-order valence-corrected chi connectivity index (χ4v) is 9.11. The number of pyridine rings is 2. The van der Waals surface area contributed by atoms with Crippen LogP contribution in [0.1, 0.15) is 122 Å². The zero-order chi connectivity index (χ0) is 42.0. The van der Waals surface area contributed by atoms with Gasteiger partial charge in [-0.1, -0.05) is 65.7 Å². The maximum absolute atomic E-state index is 15.0. The van der Waals surface area contributed by atoms with E-state index in [9.17, 15) is 0 Å². The Labute approximate surface area is 348 Å². The van der Waals surface area contributed by atoms with Gasteiger partial charge in [0.05, 0.1) is 22.2 Å². The van der Waals surface area contributed by atoms with Crippen LogP contribution in [0.4, 0.5) is 0 Å². The van der Waals surface area contributed by atoms with Crippen molar-refractivity contribution in [3.63, 3.8) is 0 Å². The number of fused-ring (bicyclic) bond motifs is 5. The van der Waals surface area contributed by atoms with Crippen LogP contribution >= 0.6 is 0 Å². The molecule has 0 radical (unpaired) electrons. The number of rotatable bonds is 8. The summed E-state index contributed by atoms with van der Waals surface area (Å²) >= 11 is 0. The summed E-state index contributed by atoms with van der Waals surface area (Å²) in [5, 5.41) is 1.96. The van der Waals surface area contributed by atoms with Crippen LogP contribution in [-0.4, -0.2) is 33.1 Å². The number of aromatic nitrogens is 2. The van der Waals surface area contributed by atoms with Crippen molar-refractivity contribution in [2.75, 3.05) is 0 Å². The molecule has 0 bridgehead atoms. The van der Waals surface area contributed by atoms with Crippen molar-refractivity contribution in [3.8, 4) is 22.3 Å². The lowest BCUT2D eigenvalue weighted by molar-refractivity contribution is -0.186. The van der Waals surface area contributed by atoms with E-state index in [0.717, 1.165) is 93.7 Å². The first-order chi connectivity index (χ1) is 28.0. The smallest absolute Gasteiger partial charge is 0.347 e. The average Bonchev–Trinajstić information content (AvgIpc) is 3.84. The van der Waals surface area contributed by atoms with Crippen molar-refractivity contribution >= 4 is 33.7 Å². The second-order valence-electron chi connectivity index (χ2n) is 18.6. The third kappa shape index (κ3) is 8.07. The predicted molar refractivity (Wildman–Crippen MR) is 236 cm³/mol. The summed E-state index contributed by atoms with van der Waals surface area (Å²) < 4.78 is 19.5. The van der Waals surface area contributed by atoms with E-state index < -0.39 is 35.3 Å². The minimum absolute atomic E-state index is 0.583. The van der Waals surface area contributed by atoms with E-state index in [1.54, 1.807) is 0 Å². The summed E-state index contributed by atoms with van der Waals surface area (Å²) in [5.74, 6) is -1.64. The first-order valence-corrected chi connectivity index (χ1v) is 21.1. The number of hydrogen-bond acceptors (Lipinski definition) is 7. The van der Waals surface area contributed by atoms with Crippen LogP contribution in [0, 0.1) is 27.7 Å². The largest absolute Gasteiger partial charge is 0.389 e. The van der Waals surface area contributed by atoms with E-state index in [1.165, 1.54) is 22.3 Å². The van der Waals surface area contributed by atoms with Crippen molar-refractivity contribution < 1.29 is 23.8 Å². The molecule has 0 spiro atoms. The quantitative estimate of drug-likeness (QED) is 0.112. The van der Waals surface area contributed by atoms with Gasteiger partial charge in [0.25, 0.3) is 0 Å². The second kappa shape index (κ2) is 15.4. The van der Waals surface area contributed by atoms with Gasteiger partial charge in [-0.15, -0.1) is 0 Å². The fourth-order valence-electron chi connectivity index (χ4n) is 9.11. The highest BCUT2D eigenvalue weighted by atomic mass is 16.6. The van der Waals surface area contributed by atoms with Crippen LogP contribution in [0.25, 0.3) is 44.1 Å². The topological polar surface area (TPSA) is 87.6 Å². The average molecular weight is 789 g/mol. The highest BCUT2D eigenvalue weighted by Crippen LogP contribution is 2.45. The van der Waals surface area contributed by atoms with Crippen molar-refractivity contribution in [1.29, 1.82) is 0 Å². The van der Waals surface area contributed by atoms with Crippen LogP contribution in [0.2, 0.25) is 0 Å². The van der Waals surface area contributed by atoms with Crippen molar-refractivity contribution in [1.82, 2.24) is 9.97 Å². The molecule has 0 saturated heterocycles. The maximum Gasteiger partial charge on any atom is 0.347 e. The standard InChI is InChI=1S/C52H56N2O5/c1-29-17-21-34(22-18-29)44-39-27-36-14-11-15-37(36)28-41(39)54-31(3)42(44)47(58-51(5,6)7)49(55)57-50(56)48(59-52(8,9)10)43-32(4)53-40-26-25-33-13-12-16-38(33)46(40)45(43)35-23-19-30(2)20-24-35/h17-28,47-48H,11-16H2,1-10H3. The molecule has 2 heterocycles. The molecule has 2 aromatic heterocycles. The Morgan fingerprint density at radius 1 is 0.559 bits per heavy atom. The molecule has 4 aromatic carbocycles. The molecule has 0 amide bonds. The van der Waals surface area contributed by atoms with Crippen molar-refractivity contribution in [2.24, 2.45) is 0 Å². The van der Waals surface area contributed by atoms with Crippen LogP contribution in [0.15, 0.2) is 72.8 Å². The number of carbonyl (C=O) groups is 2. The summed E-state index contributed by atoms with van der Waals surface area (Å²) in [6.45, 7) is 19.4. The Hall–Kier alpha value is -5.24. The van der Waals surface area contributed by atoms with Crippen molar-refractivity contribution in [3.05, 3.63) is 129 Å². The minimum Gasteiger partial charge on any atom is -0.389 e. The molecule has 2 unspecified atom stereocenters. The van der Waals surface area contributed by atoms with Crippen LogP contribution in [0.3, 0.4) is 0 Å². The molecule has 0 fully saturated rings. The van der Waals surface area contributed by atoms with E-state index in [1.807, 2.05) is 55.4 Å². The number of benzene rings is 4. The van der Waals surface area contributed by atoms with Crippen LogP contribution < -0.4 is 0 Å². The van der Waals surface area contributed by atoms with E-state index in [-0.39, 0.29) is 0 Å². The number of carbonyl (C=O) groups excluding carboxylic acids is 2. The number of esters is 2. The number of aryl methyl sites for hydroxylation is 8. The third-order valence-corrected chi connectivity index (χ3v) is 11.7. The Balaban J connectivity index is 1.30. The predicted octanol–water partition coefficient (Wildman–Crippen LogP) is 11.8. The second-order valence-corrected chi connectivity index (χ2v) is 18.6. The molecule has 2 aliphatic rings. The van der Waals surface area contributed by atoms with Gasteiger partial charge in [0.2, 0.25) is 0 Å². The van der Waals surface area contributed by atoms with Gasteiger partial charge < -0.3 is 14.2 Å². The summed E-state index contributed by atoms with van der Waals surface area (Å²) in [6.07, 6.45) is 3.50. The van der Waals surface area contributed by atoms with Gasteiger partial charge in [-0.25, -0.2) is 9.59 Å². The highest BCUT2D eigenvalue weighted by molar-refractivity contribution is 6.03. The number of ether oxygens (including phenoxy) is 3. The Kier molecular flexibility index (Phi) is 10.6. The molecule has 304 valence electrons. The zero-order valence-corrected chi connectivity index (χ0v) is 36.3. The van der Waals surface area contributed by atoms with Gasteiger partial charge in [-0.3, -0.25) is 9.97 Å². The first-order valence-electron chi connectivity index (χ1n) is 21.1. The Bertz CT molecular complexity index is 2630. The van der Waals surface area contributed by atoms with Crippen molar-refractivity contribution in [2.45, 2.75) is 131 Å². The number of nitrogens with zero attached hydrogens (tertiary/aromatic N) is 2. The molecule has 6 aromatic rings. The van der Waals surface area contributed by atoms with E-state index in [2.05, 4.69) is 86.6 Å². The summed E-state index contributed by atoms with van der Waals surface area (Å²) in [7, 11) is 0. The summed E-state index contributed by atoms with van der Waals surface area (Å²) in [6, 6.07) is 25.4. The first kappa shape index (κ1) is 40.5. The third-order valence-electron chi connectivity index (χ3n) is 11.7. The van der Waals surface area contributed by atoms with Gasteiger partial charge >= 0.3 is 11.9 Å². The van der Waals surface area contributed by atoms with E-state index in [4.69, 9.17) is 24.2 Å². The lowest BCUT2D eigenvalue weighted by Gasteiger charge is -2.31. The molecule has 7 nitrogen and oxygen atoms in total. The van der Waals surface area contributed by atoms with Gasteiger partial charge in [-0.2, -0.15) is 0 Å². The minimum atomic E-state index is -1.29. The molecule has 2 aliphatic carbocycles. The summed E-state index contributed by atoms with van der Waals surface area (Å²) in [5.41, 5.74) is 13.6. The monoisotopic (exact) mass is 788 g/mol. The normalized spacial score (nSPS) is 15.0. The highest BCUT2D eigenvalue weighted by Gasteiger charge is 2.40. The molecular weight excluding hydrogens is 733 g/mol. The zero-order valence-electron chi connectivity index (χ0n) is 36.3. The molecule has 0 aliphatic heterocycles. The SMILES string of the molecule is Cc1ccc(-c2c(C(OC(C)(C)C)C(=O)OC(=O)C(OC(C)(C)C)c3c(C)nc4ccc5c(c4c3-c3ccc(C)cc3)CCC5)c(C)nc3cc4c(cc23)CCC4)cc1. The van der Waals surface area contributed by atoms with Gasteiger partial charge in [0, 0.05) is 33.3 Å². The van der Waals surface area contributed by atoms with E-state index >= 15 is 9.59 Å². The summed E-state index contributed by atoms with van der Waals surface area (Å²) in [4.78, 5) is 40.3. The molecular formula is C52H56N2O5.